The molecule has 1 aromatic rings. The van der Waals surface area contributed by atoms with E-state index < -0.39 is 5.97 Å². The molecular formula is C16H21NO4. The van der Waals surface area contributed by atoms with Crippen molar-refractivity contribution in [1.29, 1.82) is 0 Å². The summed E-state index contributed by atoms with van der Waals surface area (Å²) in [4.78, 5) is 22.6. The van der Waals surface area contributed by atoms with Crippen molar-refractivity contribution in [2.24, 2.45) is 0 Å². The van der Waals surface area contributed by atoms with Gasteiger partial charge in [0.2, 0.25) is 5.91 Å². The van der Waals surface area contributed by atoms with Crippen molar-refractivity contribution in [3.8, 4) is 0 Å². The molecule has 2 N–H and O–H groups in total. The Balaban J connectivity index is 1.67. The number of carbonyl (C=O) groups is 2. The Morgan fingerprint density at radius 2 is 2.24 bits per heavy atom. The fourth-order valence-corrected chi connectivity index (χ4v) is 2.46. The van der Waals surface area contributed by atoms with Crippen LogP contribution in [0.1, 0.15) is 41.6 Å². The third-order valence-corrected chi connectivity index (χ3v) is 3.63. The number of benzene rings is 1. The highest BCUT2D eigenvalue weighted by molar-refractivity contribution is 5.87. The normalized spacial score (nSPS) is 17.6. The highest BCUT2D eigenvalue weighted by Gasteiger charge is 2.16. The molecule has 1 aromatic carbocycles. The van der Waals surface area contributed by atoms with Gasteiger partial charge in [-0.05, 0) is 43.4 Å². The van der Waals surface area contributed by atoms with Gasteiger partial charge in [0.25, 0.3) is 0 Å². The van der Waals surface area contributed by atoms with E-state index in [-0.39, 0.29) is 17.6 Å². The Hall–Kier alpha value is -1.88. The van der Waals surface area contributed by atoms with Crippen LogP contribution in [0, 0.1) is 0 Å². The molecule has 5 heteroatoms. The molecule has 21 heavy (non-hydrogen) atoms. The number of hydrogen-bond acceptors (Lipinski definition) is 3. The van der Waals surface area contributed by atoms with Crippen LogP contribution in [0.4, 0.5) is 0 Å². The van der Waals surface area contributed by atoms with Crippen LogP contribution < -0.4 is 5.32 Å². The van der Waals surface area contributed by atoms with Crippen molar-refractivity contribution in [3.63, 3.8) is 0 Å². The molecular weight excluding hydrogens is 270 g/mol. The Kier molecular flexibility index (Phi) is 5.75. The minimum absolute atomic E-state index is 0.0277. The maximum Gasteiger partial charge on any atom is 0.335 e. The topological polar surface area (TPSA) is 75.6 Å². The highest BCUT2D eigenvalue weighted by atomic mass is 16.5. The first-order chi connectivity index (χ1) is 10.1. The second-order valence-corrected chi connectivity index (χ2v) is 5.28. The molecule has 1 amide bonds. The van der Waals surface area contributed by atoms with Crippen LogP contribution in [0.3, 0.4) is 0 Å². The fraction of sp³-hybridized carbons (Fsp3) is 0.500. The van der Waals surface area contributed by atoms with Crippen molar-refractivity contribution in [3.05, 3.63) is 35.4 Å². The summed E-state index contributed by atoms with van der Waals surface area (Å²) in [7, 11) is 0. The molecule has 1 aliphatic rings. The molecule has 0 radical (unpaired) electrons. The zero-order valence-corrected chi connectivity index (χ0v) is 12.0. The number of nitrogens with one attached hydrogen (secondary N) is 1. The Bertz CT molecular complexity index is 495. The van der Waals surface area contributed by atoms with Crippen LogP contribution in [0.15, 0.2) is 24.3 Å². The minimum Gasteiger partial charge on any atom is -0.478 e. The van der Waals surface area contributed by atoms with Gasteiger partial charge in [-0.3, -0.25) is 4.79 Å². The van der Waals surface area contributed by atoms with Gasteiger partial charge in [0, 0.05) is 19.6 Å². The van der Waals surface area contributed by atoms with Crippen molar-refractivity contribution >= 4 is 11.9 Å². The Morgan fingerprint density at radius 3 is 2.95 bits per heavy atom. The number of carboxylic acid groups (broad SMARTS) is 1. The molecule has 1 aliphatic heterocycles. The van der Waals surface area contributed by atoms with Gasteiger partial charge >= 0.3 is 5.97 Å². The summed E-state index contributed by atoms with van der Waals surface area (Å²) in [5.74, 6) is -0.905. The quantitative estimate of drug-likeness (QED) is 0.805. The second-order valence-electron chi connectivity index (χ2n) is 5.28. The SMILES string of the molecule is O=C(CCC1CCCO1)NCCc1cccc(C(=O)O)c1. The van der Waals surface area contributed by atoms with E-state index in [0.717, 1.165) is 31.4 Å². The second kappa shape index (κ2) is 7.78. The molecule has 1 atom stereocenters. The maximum absolute atomic E-state index is 11.7. The molecule has 0 aromatic heterocycles. The van der Waals surface area contributed by atoms with E-state index in [0.29, 0.717) is 19.4 Å². The van der Waals surface area contributed by atoms with Crippen molar-refractivity contribution < 1.29 is 19.4 Å². The summed E-state index contributed by atoms with van der Waals surface area (Å²) in [6, 6.07) is 6.79. The first-order valence-corrected chi connectivity index (χ1v) is 7.35. The standard InChI is InChI=1S/C16H21NO4/c18-15(7-6-14-5-2-10-21-14)17-9-8-12-3-1-4-13(11-12)16(19)20/h1,3-4,11,14H,2,5-10H2,(H,17,18)(H,19,20). The van der Waals surface area contributed by atoms with Crippen molar-refractivity contribution in [2.45, 2.75) is 38.2 Å². The number of hydrogen-bond donors (Lipinski definition) is 2. The van der Waals surface area contributed by atoms with E-state index in [2.05, 4.69) is 5.32 Å². The van der Waals surface area contributed by atoms with E-state index in [4.69, 9.17) is 9.84 Å². The van der Waals surface area contributed by atoms with E-state index in [1.807, 2.05) is 6.07 Å². The summed E-state index contributed by atoms with van der Waals surface area (Å²) in [6.45, 7) is 1.33. The first-order valence-electron chi connectivity index (χ1n) is 7.35. The molecule has 2 rings (SSSR count). The molecule has 1 fully saturated rings. The number of ether oxygens (including phenoxy) is 1. The monoisotopic (exact) mass is 291 g/mol. The van der Waals surface area contributed by atoms with Gasteiger partial charge in [-0.15, -0.1) is 0 Å². The van der Waals surface area contributed by atoms with Gasteiger partial charge in [0.1, 0.15) is 0 Å². The van der Waals surface area contributed by atoms with Gasteiger partial charge < -0.3 is 15.2 Å². The van der Waals surface area contributed by atoms with E-state index in [1.54, 1.807) is 18.2 Å². The van der Waals surface area contributed by atoms with Gasteiger partial charge in [0.15, 0.2) is 0 Å². The van der Waals surface area contributed by atoms with Crippen LogP contribution in [0.5, 0.6) is 0 Å². The number of amides is 1. The first kappa shape index (κ1) is 15.5. The predicted octanol–water partition coefficient (Wildman–Crippen LogP) is 2.00. The zero-order valence-electron chi connectivity index (χ0n) is 12.0. The molecule has 0 spiro atoms. The lowest BCUT2D eigenvalue weighted by Crippen LogP contribution is -2.26. The smallest absolute Gasteiger partial charge is 0.335 e. The predicted molar refractivity (Wildman–Crippen MR) is 78.3 cm³/mol. The molecule has 114 valence electrons. The van der Waals surface area contributed by atoms with Crippen molar-refractivity contribution in [2.75, 3.05) is 13.2 Å². The molecule has 1 heterocycles. The average Bonchev–Trinajstić information content (AvgIpc) is 2.99. The zero-order chi connectivity index (χ0) is 15.1. The lowest BCUT2D eigenvalue weighted by atomic mass is 10.1. The van der Waals surface area contributed by atoms with Crippen LogP contribution in [0.25, 0.3) is 0 Å². The lowest BCUT2D eigenvalue weighted by Gasteiger charge is -2.09. The Labute approximate surface area is 124 Å². The number of aromatic carboxylic acids is 1. The summed E-state index contributed by atoms with van der Waals surface area (Å²) < 4.78 is 5.48. The fourth-order valence-electron chi connectivity index (χ4n) is 2.46. The van der Waals surface area contributed by atoms with Gasteiger partial charge in [-0.25, -0.2) is 4.79 Å². The molecule has 5 nitrogen and oxygen atoms in total. The summed E-state index contributed by atoms with van der Waals surface area (Å²) in [5, 5.41) is 11.8. The minimum atomic E-state index is -0.933. The maximum atomic E-state index is 11.7. The molecule has 0 saturated carbocycles. The largest absolute Gasteiger partial charge is 0.478 e. The molecule has 1 unspecified atom stereocenters. The van der Waals surface area contributed by atoms with Gasteiger partial charge in [-0.1, -0.05) is 12.1 Å². The average molecular weight is 291 g/mol. The van der Waals surface area contributed by atoms with Crippen LogP contribution in [-0.4, -0.2) is 36.2 Å². The Morgan fingerprint density at radius 1 is 1.38 bits per heavy atom. The molecule has 0 aliphatic carbocycles. The van der Waals surface area contributed by atoms with Crippen LogP contribution >= 0.6 is 0 Å². The van der Waals surface area contributed by atoms with E-state index >= 15 is 0 Å². The summed E-state index contributed by atoms with van der Waals surface area (Å²) in [5.41, 5.74) is 1.19. The summed E-state index contributed by atoms with van der Waals surface area (Å²) in [6.07, 6.45) is 4.28. The highest BCUT2D eigenvalue weighted by Crippen LogP contribution is 2.16. The van der Waals surface area contributed by atoms with Crippen LogP contribution in [-0.2, 0) is 16.0 Å². The van der Waals surface area contributed by atoms with Gasteiger partial charge in [0.05, 0.1) is 11.7 Å². The molecule has 1 saturated heterocycles. The third kappa shape index (κ3) is 5.19. The van der Waals surface area contributed by atoms with E-state index in [1.165, 1.54) is 0 Å². The number of carboxylic acids is 1. The van der Waals surface area contributed by atoms with Crippen molar-refractivity contribution in [1.82, 2.24) is 5.32 Å². The number of carbonyl (C=O) groups excluding carboxylic acids is 1. The van der Waals surface area contributed by atoms with E-state index in [9.17, 15) is 9.59 Å². The number of rotatable bonds is 7. The third-order valence-electron chi connectivity index (χ3n) is 3.63. The van der Waals surface area contributed by atoms with Crippen LogP contribution in [0.2, 0.25) is 0 Å². The van der Waals surface area contributed by atoms with Gasteiger partial charge in [-0.2, -0.15) is 0 Å². The lowest BCUT2D eigenvalue weighted by molar-refractivity contribution is -0.121. The molecule has 0 bridgehead atoms. The summed E-state index contributed by atoms with van der Waals surface area (Å²) >= 11 is 0.